The number of benzene rings is 2. The van der Waals surface area contributed by atoms with Gasteiger partial charge < -0.3 is 25.1 Å². The lowest BCUT2D eigenvalue weighted by atomic mass is 9.89. The van der Waals surface area contributed by atoms with E-state index in [1.807, 2.05) is 31.2 Å². The maximum Gasteiger partial charge on any atom is 0.243 e. The molecule has 2 aromatic carbocycles. The van der Waals surface area contributed by atoms with E-state index < -0.39 is 0 Å². The predicted octanol–water partition coefficient (Wildman–Crippen LogP) is 3.43. The average molecular weight is 465 g/mol. The van der Waals surface area contributed by atoms with E-state index in [2.05, 4.69) is 32.8 Å². The molecule has 1 fully saturated rings. The molecule has 180 valence electrons. The summed E-state index contributed by atoms with van der Waals surface area (Å²) in [6, 6.07) is 11.6. The zero-order chi connectivity index (χ0) is 24.1. The van der Waals surface area contributed by atoms with Gasteiger partial charge in [-0.2, -0.15) is 0 Å². The van der Waals surface area contributed by atoms with Crippen molar-refractivity contribution in [2.24, 2.45) is 0 Å². The third-order valence-corrected chi connectivity index (χ3v) is 6.39. The molecule has 1 aromatic heterocycles. The van der Waals surface area contributed by atoms with Crippen LogP contribution in [0.1, 0.15) is 29.9 Å². The number of aryl methyl sites for hydroxylation is 1. The van der Waals surface area contributed by atoms with Gasteiger partial charge in [0.15, 0.2) is 0 Å². The molecule has 0 radical (unpaired) electrons. The van der Waals surface area contributed by atoms with Crippen molar-refractivity contribution in [1.82, 2.24) is 15.2 Å². The van der Waals surface area contributed by atoms with Crippen molar-refractivity contribution in [3.63, 3.8) is 0 Å². The van der Waals surface area contributed by atoms with Crippen LogP contribution in [0.2, 0.25) is 0 Å². The number of nitrogens with zero attached hydrogens (tertiary/aromatic N) is 1. The second-order valence-electron chi connectivity index (χ2n) is 8.73. The Morgan fingerprint density at radius 1 is 1.06 bits per heavy atom. The molecule has 1 saturated heterocycles. The van der Waals surface area contributed by atoms with E-state index >= 15 is 0 Å². The lowest BCUT2D eigenvalue weighted by Crippen LogP contribution is -2.43. The summed E-state index contributed by atoms with van der Waals surface area (Å²) in [5.41, 5.74) is 4.02. The zero-order valence-corrected chi connectivity index (χ0v) is 19.9. The second-order valence-corrected chi connectivity index (χ2v) is 8.73. The van der Waals surface area contributed by atoms with E-state index in [9.17, 15) is 9.59 Å². The topological polar surface area (TPSA) is 95.7 Å². The molecule has 2 heterocycles. The number of aromatic amines is 1. The molecule has 1 aliphatic heterocycles. The van der Waals surface area contributed by atoms with Crippen LogP contribution in [-0.4, -0.2) is 62.1 Å². The van der Waals surface area contributed by atoms with E-state index in [0.29, 0.717) is 17.4 Å². The summed E-state index contributed by atoms with van der Waals surface area (Å²) >= 11 is 0. The lowest BCUT2D eigenvalue weighted by Gasteiger charge is -2.31. The minimum Gasteiger partial charge on any atom is -0.497 e. The van der Waals surface area contributed by atoms with Gasteiger partial charge in [0, 0.05) is 17.1 Å². The van der Waals surface area contributed by atoms with E-state index in [4.69, 9.17) is 9.47 Å². The standard InChI is InChI=1S/C26H32N4O4/c1-17-4-7-24(34-3)23(12-17)29-25(31)15-28-26(32)16-30-10-8-18(9-11-30)21-14-27-22-6-5-19(33-2)13-20(21)22/h4-7,12-14,18,27H,8-11,15-16H2,1-3H3,(H,28,32)(H,29,31). The summed E-state index contributed by atoms with van der Waals surface area (Å²) in [5, 5.41) is 6.73. The number of aromatic nitrogens is 1. The van der Waals surface area contributed by atoms with Crippen molar-refractivity contribution in [3.8, 4) is 11.5 Å². The first-order valence-electron chi connectivity index (χ1n) is 11.6. The van der Waals surface area contributed by atoms with Gasteiger partial charge in [-0.1, -0.05) is 6.07 Å². The minimum absolute atomic E-state index is 0.0798. The molecule has 8 nitrogen and oxygen atoms in total. The largest absolute Gasteiger partial charge is 0.497 e. The summed E-state index contributed by atoms with van der Waals surface area (Å²) in [5.74, 6) is 1.44. The molecule has 0 saturated carbocycles. The van der Waals surface area contributed by atoms with Gasteiger partial charge in [0.05, 0.1) is 33.0 Å². The molecule has 3 aromatic rings. The van der Waals surface area contributed by atoms with Crippen molar-refractivity contribution in [3.05, 3.63) is 53.7 Å². The Balaban J connectivity index is 1.24. The van der Waals surface area contributed by atoms with Gasteiger partial charge in [-0.05, 0) is 80.2 Å². The maximum absolute atomic E-state index is 12.4. The number of likely N-dealkylation sites (tertiary alicyclic amines) is 1. The lowest BCUT2D eigenvalue weighted by molar-refractivity contribution is -0.125. The molecule has 0 aliphatic carbocycles. The number of carbonyl (C=O) groups is 2. The molecule has 8 heteroatoms. The van der Waals surface area contributed by atoms with Crippen LogP contribution in [0.3, 0.4) is 0 Å². The van der Waals surface area contributed by atoms with Crippen LogP contribution < -0.4 is 20.1 Å². The molecule has 4 rings (SSSR count). The molecule has 0 atom stereocenters. The van der Waals surface area contributed by atoms with Gasteiger partial charge in [0.1, 0.15) is 11.5 Å². The van der Waals surface area contributed by atoms with Gasteiger partial charge >= 0.3 is 0 Å². The summed E-state index contributed by atoms with van der Waals surface area (Å²) < 4.78 is 10.7. The third kappa shape index (κ3) is 5.51. The summed E-state index contributed by atoms with van der Waals surface area (Å²) in [7, 11) is 3.24. The van der Waals surface area contributed by atoms with Crippen LogP contribution in [-0.2, 0) is 9.59 Å². The van der Waals surface area contributed by atoms with E-state index in [-0.39, 0.29) is 24.9 Å². The Hall–Kier alpha value is -3.52. The van der Waals surface area contributed by atoms with Crippen LogP contribution in [0, 0.1) is 6.92 Å². The molecule has 2 amide bonds. The first-order chi connectivity index (χ1) is 16.5. The molecule has 1 aliphatic rings. The van der Waals surface area contributed by atoms with E-state index in [0.717, 1.165) is 42.8 Å². The fraction of sp³-hybridized carbons (Fsp3) is 0.385. The Labute approximate surface area is 199 Å². The minimum atomic E-state index is -0.286. The Bertz CT molecular complexity index is 1160. The van der Waals surface area contributed by atoms with Crippen LogP contribution in [0.4, 0.5) is 5.69 Å². The summed E-state index contributed by atoms with van der Waals surface area (Å²) in [4.78, 5) is 30.2. The molecule has 34 heavy (non-hydrogen) atoms. The first-order valence-corrected chi connectivity index (χ1v) is 11.6. The van der Waals surface area contributed by atoms with Crippen molar-refractivity contribution in [2.75, 3.05) is 45.7 Å². The van der Waals surface area contributed by atoms with E-state index in [1.54, 1.807) is 20.3 Å². The number of hydrogen-bond acceptors (Lipinski definition) is 5. The number of fused-ring (bicyclic) bond motifs is 1. The number of piperidine rings is 1. The smallest absolute Gasteiger partial charge is 0.243 e. The molecular weight excluding hydrogens is 432 g/mol. The number of H-pyrrole nitrogens is 1. The van der Waals surface area contributed by atoms with Gasteiger partial charge in [-0.25, -0.2) is 0 Å². The third-order valence-electron chi connectivity index (χ3n) is 6.39. The van der Waals surface area contributed by atoms with Crippen LogP contribution in [0.15, 0.2) is 42.6 Å². The van der Waals surface area contributed by atoms with Gasteiger partial charge in [-0.15, -0.1) is 0 Å². The van der Waals surface area contributed by atoms with Gasteiger partial charge in [0.25, 0.3) is 0 Å². The molecule has 0 unspecified atom stereocenters. The highest BCUT2D eigenvalue weighted by Crippen LogP contribution is 2.34. The fourth-order valence-corrected chi connectivity index (χ4v) is 4.54. The van der Waals surface area contributed by atoms with Crippen molar-refractivity contribution in [2.45, 2.75) is 25.7 Å². The summed E-state index contributed by atoms with van der Waals surface area (Å²) in [6.45, 7) is 3.82. The number of methoxy groups -OCH3 is 2. The Morgan fingerprint density at radius 2 is 1.85 bits per heavy atom. The SMILES string of the molecule is COc1ccc2[nH]cc(C3CCN(CC(=O)NCC(=O)Nc4cc(C)ccc4OC)CC3)c2c1. The number of anilines is 1. The quantitative estimate of drug-likeness (QED) is 0.475. The average Bonchev–Trinajstić information content (AvgIpc) is 3.26. The molecule has 3 N–H and O–H groups in total. The molecular formula is C26H32N4O4. The molecule has 0 spiro atoms. The highest BCUT2D eigenvalue weighted by Gasteiger charge is 2.24. The van der Waals surface area contributed by atoms with Gasteiger partial charge in [-0.3, -0.25) is 14.5 Å². The molecule has 0 bridgehead atoms. The number of ether oxygens (including phenoxy) is 2. The monoisotopic (exact) mass is 464 g/mol. The normalized spacial score (nSPS) is 14.7. The Morgan fingerprint density at radius 3 is 2.59 bits per heavy atom. The van der Waals surface area contributed by atoms with Crippen LogP contribution >= 0.6 is 0 Å². The van der Waals surface area contributed by atoms with Crippen molar-refractivity contribution in [1.29, 1.82) is 0 Å². The fourth-order valence-electron chi connectivity index (χ4n) is 4.54. The highest BCUT2D eigenvalue weighted by molar-refractivity contribution is 5.96. The number of nitrogens with one attached hydrogen (secondary N) is 3. The van der Waals surface area contributed by atoms with Gasteiger partial charge in [0.2, 0.25) is 11.8 Å². The maximum atomic E-state index is 12.4. The van der Waals surface area contributed by atoms with Crippen LogP contribution in [0.5, 0.6) is 11.5 Å². The summed E-state index contributed by atoms with van der Waals surface area (Å²) in [6.07, 6.45) is 4.05. The first kappa shape index (κ1) is 23.6. The second kappa shape index (κ2) is 10.6. The number of amides is 2. The number of hydrogen-bond donors (Lipinski definition) is 3. The van der Waals surface area contributed by atoms with Crippen molar-refractivity contribution < 1.29 is 19.1 Å². The Kier molecular flexibility index (Phi) is 7.37. The number of rotatable bonds is 8. The number of carbonyl (C=O) groups excluding carboxylic acids is 2. The zero-order valence-electron chi connectivity index (χ0n) is 19.9. The highest BCUT2D eigenvalue weighted by atomic mass is 16.5. The van der Waals surface area contributed by atoms with E-state index in [1.165, 1.54) is 10.9 Å². The predicted molar refractivity (Wildman–Crippen MR) is 133 cm³/mol. The van der Waals surface area contributed by atoms with Crippen molar-refractivity contribution >= 4 is 28.4 Å². The van der Waals surface area contributed by atoms with Crippen LogP contribution in [0.25, 0.3) is 10.9 Å².